The van der Waals surface area contributed by atoms with Crippen molar-refractivity contribution in [3.8, 4) is 0 Å². The third kappa shape index (κ3) is 4.78. The maximum absolute atomic E-state index is 6.19. The highest BCUT2D eigenvalue weighted by Gasteiger charge is 2.74. The van der Waals surface area contributed by atoms with Gasteiger partial charge in [0, 0.05) is 21.4 Å². The molecular weight excluding hydrogens is 466 g/mol. The number of anilines is 1. The summed E-state index contributed by atoms with van der Waals surface area (Å²) < 4.78 is 0. The monoisotopic (exact) mass is 511 g/mol. The van der Waals surface area contributed by atoms with E-state index in [1.807, 2.05) is 0 Å². The van der Waals surface area contributed by atoms with Crippen molar-refractivity contribution >= 4 is 18.3 Å². The molecule has 1 nitrogen and oxygen atoms in total. The van der Waals surface area contributed by atoms with E-state index in [2.05, 4.69) is 140 Å². The number of rotatable bonds is 9. The van der Waals surface area contributed by atoms with Crippen molar-refractivity contribution in [2.24, 2.45) is 11.3 Å². The summed E-state index contributed by atoms with van der Waals surface area (Å²) in [7, 11) is 0. The molecule has 1 fully saturated rings. The first-order valence-electron chi connectivity index (χ1n) is 13.9. The van der Waals surface area contributed by atoms with Gasteiger partial charge in [-0.05, 0) is 84.0 Å². The topological polar surface area (TPSA) is 26.0 Å². The molecular formula is C35H45NS. The van der Waals surface area contributed by atoms with Crippen molar-refractivity contribution in [2.75, 3.05) is 5.73 Å². The molecule has 0 spiro atoms. The minimum atomic E-state index is -0.0448. The Kier molecular flexibility index (Phi) is 7.73. The number of hydrogen-bond donors (Lipinski definition) is 2. The number of aryl methyl sites for hydroxylation is 1. The molecule has 2 aromatic rings. The number of fused-ring (bicyclic) bond motifs is 3. The molecule has 2 aromatic carbocycles. The molecule has 0 saturated heterocycles. The molecule has 3 atom stereocenters. The number of benzene rings is 2. The first-order valence-corrected chi connectivity index (χ1v) is 14.3. The van der Waals surface area contributed by atoms with E-state index in [4.69, 9.17) is 5.73 Å². The molecule has 0 heterocycles. The Labute approximate surface area is 231 Å². The summed E-state index contributed by atoms with van der Waals surface area (Å²) in [4.78, 5) is 1.01. The zero-order chi connectivity index (χ0) is 27.0. The van der Waals surface area contributed by atoms with Crippen LogP contribution in [0.3, 0.4) is 0 Å². The molecule has 2 aliphatic carbocycles. The first kappa shape index (κ1) is 27.6. The van der Waals surface area contributed by atoms with Gasteiger partial charge in [-0.25, -0.2) is 0 Å². The number of thiol groups is 1. The lowest BCUT2D eigenvalue weighted by Crippen LogP contribution is -2.29. The van der Waals surface area contributed by atoms with Gasteiger partial charge in [-0.2, -0.15) is 0 Å². The minimum Gasteiger partial charge on any atom is -0.399 e. The van der Waals surface area contributed by atoms with Crippen LogP contribution in [0.1, 0.15) is 89.0 Å². The first-order chi connectivity index (χ1) is 17.5. The molecule has 1 saturated carbocycles. The Morgan fingerprint density at radius 2 is 1.73 bits per heavy atom. The smallest absolute Gasteiger partial charge is 0.0317 e. The zero-order valence-electron chi connectivity index (χ0n) is 23.8. The van der Waals surface area contributed by atoms with Crippen LogP contribution >= 0.6 is 12.6 Å². The molecule has 2 aliphatic rings. The van der Waals surface area contributed by atoms with Gasteiger partial charge in [0.05, 0.1) is 0 Å². The number of allylic oxidation sites excluding steroid dienone is 8. The Hall–Kier alpha value is -2.45. The van der Waals surface area contributed by atoms with Gasteiger partial charge in [-0.1, -0.05) is 108 Å². The Morgan fingerprint density at radius 1 is 1.03 bits per heavy atom. The maximum Gasteiger partial charge on any atom is 0.0317 e. The van der Waals surface area contributed by atoms with Gasteiger partial charge in [0.25, 0.3) is 0 Å². The molecule has 2 heteroatoms. The molecule has 0 radical (unpaired) electrons. The van der Waals surface area contributed by atoms with Gasteiger partial charge < -0.3 is 5.73 Å². The summed E-state index contributed by atoms with van der Waals surface area (Å²) in [5.41, 5.74) is 14.3. The minimum absolute atomic E-state index is 0.0448. The highest BCUT2D eigenvalue weighted by atomic mass is 32.1. The molecule has 196 valence electrons. The van der Waals surface area contributed by atoms with E-state index in [0.717, 1.165) is 16.5 Å². The van der Waals surface area contributed by atoms with Crippen molar-refractivity contribution in [3.63, 3.8) is 0 Å². The van der Waals surface area contributed by atoms with E-state index in [0.29, 0.717) is 5.92 Å². The van der Waals surface area contributed by atoms with E-state index < -0.39 is 0 Å². The average Bonchev–Trinajstić information content (AvgIpc) is 3.46. The lowest BCUT2D eigenvalue weighted by molar-refractivity contribution is 0.332. The third-order valence-corrected chi connectivity index (χ3v) is 9.78. The summed E-state index contributed by atoms with van der Waals surface area (Å²) >= 11 is 4.56. The molecule has 0 bridgehead atoms. The van der Waals surface area contributed by atoms with Gasteiger partial charge in [-0.3, -0.25) is 0 Å². The molecule has 2 N–H and O–H groups in total. The van der Waals surface area contributed by atoms with Gasteiger partial charge >= 0.3 is 0 Å². The van der Waals surface area contributed by atoms with Crippen molar-refractivity contribution in [1.82, 2.24) is 0 Å². The van der Waals surface area contributed by atoms with Crippen molar-refractivity contribution in [1.29, 1.82) is 0 Å². The second kappa shape index (κ2) is 10.4. The summed E-state index contributed by atoms with van der Waals surface area (Å²) in [5, 5.41) is 0. The standard InChI is InChI=1S/C35H45NS/c1-8-9-16-29-32-28-20-18-26(36)22-31(28)34(6,7)35(29,32)21-14-12-10-11-13-15-25(3)33(4,5)30-23-27(37)19-17-24(30)2/h10-15,17-23,29,32,37H,8-9,16,36H2,1-7H3/b12-10+,13-11+,21-14+,25-15-. The second-order valence-corrected chi connectivity index (χ2v) is 12.8. The Balaban J connectivity index is 1.48. The molecule has 0 aliphatic heterocycles. The SMILES string of the molecule is CCCCC1C2c3ccc(N)cc3C(C)(C)C12/C=C/C=C/C=C/C=C(/C)C(C)(C)c1cc(S)ccc1C. The van der Waals surface area contributed by atoms with Crippen LogP contribution in [0.4, 0.5) is 5.69 Å². The van der Waals surface area contributed by atoms with E-state index in [1.54, 1.807) is 0 Å². The maximum atomic E-state index is 6.19. The quantitative estimate of drug-likeness (QED) is 0.196. The van der Waals surface area contributed by atoms with Gasteiger partial charge in [0.15, 0.2) is 0 Å². The van der Waals surface area contributed by atoms with Crippen molar-refractivity contribution in [2.45, 2.75) is 89.4 Å². The summed E-state index contributed by atoms with van der Waals surface area (Å²) in [6.45, 7) is 16.1. The average molecular weight is 512 g/mol. The molecule has 4 rings (SSSR count). The Bertz CT molecular complexity index is 1270. The van der Waals surface area contributed by atoms with Crippen LogP contribution in [0.25, 0.3) is 0 Å². The summed E-state index contributed by atoms with van der Waals surface area (Å²) in [6, 6.07) is 13.0. The third-order valence-electron chi connectivity index (χ3n) is 9.50. The molecule has 3 unspecified atom stereocenters. The highest BCUT2D eigenvalue weighted by molar-refractivity contribution is 7.80. The largest absolute Gasteiger partial charge is 0.399 e. The van der Waals surface area contributed by atoms with Crippen LogP contribution in [0.5, 0.6) is 0 Å². The normalized spacial score (nSPS) is 24.8. The van der Waals surface area contributed by atoms with Crippen LogP contribution < -0.4 is 5.73 Å². The fourth-order valence-corrected chi connectivity index (χ4v) is 7.21. The predicted octanol–water partition coefficient (Wildman–Crippen LogP) is 9.64. The van der Waals surface area contributed by atoms with Crippen LogP contribution in [0.2, 0.25) is 0 Å². The number of nitrogens with two attached hydrogens (primary N) is 1. The lowest BCUT2D eigenvalue weighted by Gasteiger charge is -2.33. The van der Waals surface area contributed by atoms with Crippen LogP contribution in [0, 0.1) is 18.3 Å². The van der Waals surface area contributed by atoms with Gasteiger partial charge in [0.1, 0.15) is 0 Å². The molecule has 37 heavy (non-hydrogen) atoms. The van der Waals surface area contributed by atoms with Crippen LogP contribution in [-0.2, 0) is 10.8 Å². The summed E-state index contributed by atoms with van der Waals surface area (Å²) in [5.74, 6) is 1.35. The van der Waals surface area contributed by atoms with E-state index >= 15 is 0 Å². The van der Waals surface area contributed by atoms with Crippen molar-refractivity contribution in [3.05, 3.63) is 107 Å². The number of unbranched alkanes of at least 4 members (excludes halogenated alkanes) is 1. The second-order valence-electron chi connectivity index (χ2n) is 12.2. The zero-order valence-corrected chi connectivity index (χ0v) is 24.7. The number of nitrogen functional groups attached to an aromatic ring is 1. The summed E-state index contributed by atoms with van der Waals surface area (Å²) in [6.07, 6.45) is 19.5. The van der Waals surface area contributed by atoms with Gasteiger partial charge in [0.2, 0.25) is 0 Å². The van der Waals surface area contributed by atoms with Crippen LogP contribution in [-0.4, -0.2) is 0 Å². The highest BCUT2D eigenvalue weighted by Crippen LogP contribution is 2.80. The number of hydrogen-bond acceptors (Lipinski definition) is 2. The van der Waals surface area contributed by atoms with Crippen LogP contribution in [0.15, 0.2) is 89.4 Å². The van der Waals surface area contributed by atoms with E-state index in [1.165, 1.54) is 47.1 Å². The van der Waals surface area contributed by atoms with Gasteiger partial charge in [-0.15, -0.1) is 12.6 Å². The van der Waals surface area contributed by atoms with Crippen molar-refractivity contribution < 1.29 is 0 Å². The Morgan fingerprint density at radius 3 is 2.46 bits per heavy atom. The fraction of sp³-hybridized carbons (Fsp3) is 0.429. The molecule has 0 amide bonds. The fourth-order valence-electron chi connectivity index (χ4n) is 7.00. The molecule has 0 aromatic heterocycles. The predicted molar refractivity (Wildman–Crippen MR) is 165 cm³/mol. The van der Waals surface area contributed by atoms with E-state index in [-0.39, 0.29) is 16.2 Å². The lowest BCUT2D eigenvalue weighted by atomic mass is 9.71. The van der Waals surface area contributed by atoms with E-state index in [9.17, 15) is 0 Å².